The minimum Gasteiger partial charge on any atom is -0.380 e. The first kappa shape index (κ1) is 15.1. The smallest absolute Gasteiger partial charge is 0.274 e. The quantitative estimate of drug-likeness (QED) is 0.669. The SMILES string of the molecule is CCn1c(C)cc(CNc2cccc([N+](=O)[O-])c2C)c1C. The van der Waals surface area contributed by atoms with Crippen LogP contribution in [0.2, 0.25) is 0 Å². The maximum Gasteiger partial charge on any atom is 0.274 e. The average molecular weight is 287 g/mol. The van der Waals surface area contributed by atoms with Crippen LogP contribution in [-0.2, 0) is 13.1 Å². The number of benzene rings is 1. The average Bonchev–Trinajstić information content (AvgIpc) is 2.71. The Morgan fingerprint density at radius 1 is 1.29 bits per heavy atom. The molecule has 0 radical (unpaired) electrons. The third-order valence-corrected chi connectivity index (χ3v) is 3.97. The first-order valence-electron chi connectivity index (χ1n) is 7.09. The molecule has 2 rings (SSSR count). The molecule has 0 amide bonds. The lowest BCUT2D eigenvalue weighted by molar-refractivity contribution is -0.385. The van der Waals surface area contributed by atoms with Crippen LogP contribution in [0.5, 0.6) is 0 Å². The highest BCUT2D eigenvalue weighted by Gasteiger charge is 2.13. The van der Waals surface area contributed by atoms with Crippen molar-refractivity contribution >= 4 is 11.4 Å². The maximum atomic E-state index is 11.0. The van der Waals surface area contributed by atoms with Gasteiger partial charge < -0.3 is 9.88 Å². The summed E-state index contributed by atoms with van der Waals surface area (Å²) in [7, 11) is 0. The third-order valence-electron chi connectivity index (χ3n) is 3.97. The highest BCUT2D eigenvalue weighted by atomic mass is 16.6. The Morgan fingerprint density at radius 2 is 2.00 bits per heavy atom. The minimum absolute atomic E-state index is 0.152. The van der Waals surface area contributed by atoms with Crippen LogP contribution in [0.1, 0.15) is 29.4 Å². The normalized spacial score (nSPS) is 10.7. The summed E-state index contributed by atoms with van der Waals surface area (Å²) in [5, 5.41) is 14.3. The van der Waals surface area contributed by atoms with E-state index in [0.29, 0.717) is 12.1 Å². The van der Waals surface area contributed by atoms with Gasteiger partial charge in [0.15, 0.2) is 0 Å². The van der Waals surface area contributed by atoms with Gasteiger partial charge in [-0.1, -0.05) is 6.07 Å². The molecule has 2 aromatic rings. The lowest BCUT2D eigenvalue weighted by atomic mass is 10.1. The highest BCUT2D eigenvalue weighted by Crippen LogP contribution is 2.26. The van der Waals surface area contributed by atoms with Crippen LogP contribution in [0, 0.1) is 30.9 Å². The van der Waals surface area contributed by atoms with Crippen molar-refractivity contribution in [2.24, 2.45) is 0 Å². The standard InChI is InChI=1S/C16H21N3O2/c1-5-18-11(2)9-14(13(18)4)10-17-15-7-6-8-16(12(15)3)19(20)21/h6-9,17H,5,10H2,1-4H3. The van der Waals surface area contributed by atoms with Gasteiger partial charge >= 0.3 is 0 Å². The van der Waals surface area contributed by atoms with E-state index < -0.39 is 0 Å². The van der Waals surface area contributed by atoms with Gasteiger partial charge in [-0.3, -0.25) is 10.1 Å². The van der Waals surface area contributed by atoms with Crippen LogP contribution in [0.25, 0.3) is 0 Å². The Labute approximate surface area is 124 Å². The van der Waals surface area contributed by atoms with Crippen molar-refractivity contribution in [3.05, 3.63) is 56.9 Å². The molecule has 0 unspecified atom stereocenters. The molecule has 21 heavy (non-hydrogen) atoms. The molecule has 0 saturated carbocycles. The number of nitrogens with one attached hydrogen (secondary N) is 1. The maximum absolute atomic E-state index is 11.0. The lowest BCUT2D eigenvalue weighted by Gasteiger charge is -2.10. The van der Waals surface area contributed by atoms with Gasteiger partial charge in [-0.15, -0.1) is 0 Å². The van der Waals surface area contributed by atoms with E-state index in [4.69, 9.17) is 0 Å². The summed E-state index contributed by atoms with van der Waals surface area (Å²) < 4.78 is 2.26. The van der Waals surface area contributed by atoms with Crippen molar-refractivity contribution in [1.29, 1.82) is 0 Å². The Balaban J connectivity index is 2.21. The number of rotatable bonds is 5. The number of aromatic nitrogens is 1. The minimum atomic E-state index is -0.344. The van der Waals surface area contributed by atoms with E-state index in [1.165, 1.54) is 23.0 Å². The molecule has 1 N–H and O–H groups in total. The summed E-state index contributed by atoms with van der Waals surface area (Å²) in [6.45, 7) is 9.72. The van der Waals surface area contributed by atoms with Crippen LogP contribution in [0.3, 0.4) is 0 Å². The van der Waals surface area contributed by atoms with E-state index in [1.807, 2.05) is 6.07 Å². The Morgan fingerprint density at radius 3 is 2.57 bits per heavy atom. The number of hydrogen-bond acceptors (Lipinski definition) is 3. The van der Waals surface area contributed by atoms with E-state index in [9.17, 15) is 10.1 Å². The van der Waals surface area contributed by atoms with Crippen molar-refractivity contribution in [1.82, 2.24) is 4.57 Å². The monoisotopic (exact) mass is 287 g/mol. The molecule has 0 aliphatic heterocycles. The zero-order chi connectivity index (χ0) is 15.6. The molecule has 0 saturated heterocycles. The molecule has 0 bridgehead atoms. The Bertz CT molecular complexity index is 674. The second kappa shape index (κ2) is 5.99. The summed E-state index contributed by atoms with van der Waals surface area (Å²) in [5.74, 6) is 0. The number of aryl methyl sites for hydroxylation is 1. The molecule has 112 valence electrons. The van der Waals surface area contributed by atoms with E-state index in [0.717, 1.165) is 12.2 Å². The Hall–Kier alpha value is -2.30. The van der Waals surface area contributed by atoms with Gasteiger partial charge in [0.05, 0.1) is 4.92 Å². The van der Waals surface area contributed by atoms with Crippen molar-refractivity contribution in [3.8, 4) is 0 Å². The van der Waals surface area contributed by atoms with Crippen molar-refractivity contribution < 1.29 is 4.92 Å². The summed E-state index contributed by atoms with van der Waals surface area (Å²) in [5.41, 5.74) is 5.34. The summed E-state index contributed by atoms with van der Waals surface area (Å²) in [4.78, 5) is 10.6. The van der Waals surface area contributed by atoms with Crippen LogP contribution in [0.4, 0.5) is 11.4 Å². The van der Waals surface area contributed by atoms with Crippen molar-refractivity contribution in [2.45, 2.75) is 40.8 Å². The molecule has 1 heterocycles. The first-order valence-corrected chi connectivity index (χ1v) is 7.09. The molecule has 1 aromatic carbocycles. The molecule has 5 nitrogen and oxygen atoms in total. The number of nitro groups is 1. The number of nitrogens with zero attached hydrogens (tertiary/aromatic N) is 2. The third kappa shape index (κ3) is 2.91. The molecular weight excluding hydrogens is 266 g/mol. The second-order valence-corrected chi connectivity index (χ2v) is 5.20. The summed E-state index contributed by atoms with van der Waals surface area (Å²) in [6, 6.07) is 7.28. The van der Waals surface area contributed by atoms with E-state index in [1.54, 1.807) is 13.0 Å². The van der Waals surface area contributed by atoms with Crippen LogP contribution < -0.4 is 5.32 Å². The zero-order valence-electron chi connectivity index (χ0n) is 12.9. The van der Waals surface area contributed by atoms with Crippen LogP contribution in [-0.4, -0.2) is 9.49 Å². The van der Waals surface area contributed by atoms with Gasteiger partial charge in [0.25, 0.3) is 5.69 Å². The molecule has 5 heteroatoms. The molecule has 0 aliphatic rings. The lowest BCUT2D eigenvalue weighted by Crippen LogP contribution is -2.05. The molecule has 1 aromatic heterocycles. The van der Waals surface area contributed by atoms with E-state index >= 15 is 0 Å². The van der Waals surface area contributed by atoms with Gasteiger partial charge in [-0.05, 0) is 45.4 Å². The fraction of sp³-hybridized carbons (Fsp3) is 0.375. The van der Waals surface area contributed by atoms with Crippen LogP contribution >= 0.6 is 0 Å². The molecule has 0 spiro atoms. The largest absolute Gasteiger partial charge is 0.380 e. The van der Waals surface area contributed by atoms with Gasteiger partial charge in [0.2, 0.25) is 0 Å². The highest BCUT2D eigenvalue weighted by molar-refractivity contribution is 5.60. The summed E-state index contributed by atoms with van der Waals surface area (Å²) >= 11 is 0. The molecular formula is C16H21N3O2. The van der Waals surface area contributed by atoms with Gasteiger partial charge in [0.1, 0.15) is 0 Å². The first-order chi connectivity index (χ1) is 9.95. The Kier molecular flexibility index (Phi) is 4.31. The van der Waals surface area contributed by atoms with Gasteiger partial charge in [-0.25, -0.2) is 0 Å². The molecule has 0 aliphatic carbocycles. The van der Waals surface area contributed by atoms with E-state index in [2.05, 4.69) is 36.7 Å². The number of hydrogen-bond donors (Lipinski definition) is 1. The zero-order valence-corrected chi connectivity index (χ0v) is 12.9. The fourth-order valence-corrected chi connectivity index (χ4v) is 2.74. The van der Waals surface area contributed by atoms with E-state index in [-0.39, 0.29) is 10.6 Å². The number of anilines is 1. The van der Waals surface area contributed by atoms with Gasteiger partial charge in [-0.2, -0.15) is 0 Å². The predicted molar refractivity (Wildman–Crippen MR) is 84.7 cm³/mol. The molecule has 0 fully saturated rings. The fourth-order valence-electron chi connectivity index (χ4n) is 2.74. The topological polar surface area (TPSA) is 60.1 Å². The molecule has 0 atom stereocenters. The van der Waals surface area contributed by atoms with Crippen molar-refractivity contribution in [3.63, 3.8) is 0 Å². The van der Waals surface area contributed by atoms with Gasteiger partial charge in [0, 0.05) is 41.8 Å². The predicted octanol–water partition coefficient (Wildman–Crippen LogP) is 3.95. The summed E-state index contributed by atoms with van der Waals surface area (Å²) in [6.07, 6.45) is 0. The van der Waals surface area contributed by atoms with Crippen molar-refractivity contribution in [2.75, 3.05) is 5.32 Å². The second-order valence-electron chi connectivity index (χ2n) is 5.20. The van der Waals surface area contributed by atoms with Crippen LogP contribution in [0.15, 0.2) is 24.3 Å². The number of nitro benzene ring substituents is 1.